The van der Waals surface area contributed by atoms with Crippen LogP contribution >= 0.6 is 0 Å². The third-order valence-corrected chi connectivity index (χ3v) is 3.38. The summed E-state index contributed by atoms with van der Waals surface area (Å²) < 4.78 is 5.49. The van der Waals surface area contributed by atoms with Crippen molar-refractivity contribution in [2.75, 3.05) is 0 Å². The highest BCUT2D eigenvalue weighted by molar-refractivity contribution is 5.87. The highest BCUT2D eigenvalue weighted by Gasteiger charge is 2.25. The fourth-order valence-corrected chi connectivity index (χ4v) is 2.07. The summed E-state index contributed by atoms with van der Waals surface area (Å²) in [6, 6.07) is 18.2. The van der Waals surface area contributed by atoms with Crippen LogP contribution in [0.3, 0.4) is 0 Å². The van der Waals surface area contributed by atoms with Gasteiger partial charge in [0.1, 0.15) is 5.60 Å². The lowest BCUT2D eigenvalue weighted by atomic mass is 9.95. The molecule has 0 aliphatic rings. The van der Waals surface area contributed by atoms with Gasteiger partial charge in [0.2, 0.25) is 0 Å². The molecule has 0 aromatic heterocycles. The summed E-state index contributed by atoms with van der Waals surface area (Å²) in [4.78, 5) is 11.7. The van der Waals surface area contributed by atoms with Gasteiger partial charge >= 0.3 is 5.97 Å². The van der Waals surface area contributed by atoms with Gasteiger partial charge < -0.3 is 4.74 Å². The zero-order valence-corrected chi connectivity index (χ0v) is 12.7. The number of hydrogen-bond donors (Lipinski definition) is 0. The van der Waals surface area contributed by atoms with Gasteiger partial charge in [0, 0.05) is 5.57 Å². The van der Waals surface area contributed by atoms with Crippen molar-refractivity contribution in [1.82, 2.24) is 0 Å². The van der Waals surface area contributed by atoms with Gasteiger partial charge in [0.25, 0.3) is 0 Å². The molecule has 2 heteroatoms. The molecule has 2 rings (SSSR count). The van der Waals surface area contributed by atoms with E-state index in [-0.39, 0.29) is 5.97 Å². The third kappa shape index (κ3) is 3.60. The lowest BCUT2D eigenvalue weighted by Gasteiger charge is -2.26. The van der Waals surface area contributed by atoms with Crippen LogP contribution in [0.5, 0.6) is 0 Å². The Morgan fingerprint density at radius 2 is 1.48 bits per heavy atom. The minimum Gasteiger partial charge on any atom is -0.451 e. The number of hydrogen-bond acceptors (Lipinski definition) is 2. The summed E-state index contributed by atoms with van der Waals surface area (Å²) in [5.74, 6) is -0.368. The number of carbonyl (C=O) groups excluding carboxylic acids is 1. The van der Waals surface area contributed by atoms with Crippen molar-refractivity contribution in [3.05, 3.63) is 72.3 Å². The number of carbonyl (C=O) groups is 1. The predicted molar refractivity (Wildman–Crippen MR) is 85.8 cm³/mol. The number of ether oxygens (including phenoxy) is 1. The van der Waals surface area contributed by atoms with Crippen LogP contribution in [-0.2, 0) is 15.1 Å². The third-order valence-electron chi connectivity index (χ3n) is 3.38. The molecule has 0 spiro atoms. The van der Waals surface area contributed by atoms with Crippen LogP contribution in [0.1, 0.15) is 26.3 Å². The summed E-state index contributed by atoms with van der Waals surface area (Å²) in [5, 5.41) is 0. The molecule has 2 aromatic rings. The first kappa shape index (κ1) is 15.0. The van der Waals surface area contributed by atoms with Crippen molar-refractivity contribution < 1.29 is 9.53 Å². The van der Waals surface area contributed by atoms with Gasteiger partial charge in [-0.25, -0.2) is 4.79 Å². The van der Waals surface area contributed by atoms with Crippen molar-refractivity contribution in [3.63, 3.8) is 0 Å². The summed E-state index contributed by atoms with van der Waals surface area (Å²) >= 11 is 0. The molecule has 0 saturated carbocycles. The quantitative estimate of drug-likeness (QED) is 0.599. The van der Waals surface area contributed by atoms with Crippen molar-refractivity contribution >= 4 is 5.97 Å². The van der Waals surface area contributed by atoms with Gasteiger partial charge in [-0.2, -0.15) is 0 Å². The van der Waals surface area contributed by atoms with Crippen molar-refractivity contribution in [3.8, 4) is 11.1 Å². The predicted octanol–water partition coefficient (Wildman–Crippen LogP) is 4.71. The zero-order valence-electron chi connectivity index (χ0n) is 12.7. The SMILES string of the molecule is C=C(C)C(=O)OC(C)(C)c1ccc(-c2ccccc2)cc1. The maximum Gasteiger partial charge on any atom is 0.333 e. The summed E-state index contributed by atoms with van der Waals surface area (Å²) in [6.07, 6.45) is 0. The van der Waals surface area contributed by atoms with Crippen molar-refractivity contribution in [2.24, 2.45) is 0 Å². The number of rotatable bonds is 4. The maximum absolute atomic E-state index is 11.7. The van der Waals surface area contributed by atoms with E-state index in [0.29, 0.717) is 5.57 Å². The monoisotopic (exact) mass is 280 g/mol. The smallest absolute Gasteiger partial charge is 0.333 e. The number of esters is 1. The summed E-state index contributed by atoms with van der Waals surface area (Å²) in [5.41, 5.74) is 2.99. The van der Waals surface area contributed by atoms with E-state index in [1.807, 2.05) is 56.3 Å². The average molecular weight is 280 g/mol. The van der Waals surface area contributed by atoms with Gasteiger partial charge in [0.05, 0.1) is 0 Å². The van der Waals surface area contributed by atoms with Crippen LogP contribution in [0.4, 0.5) is 0 Å². The zero-order chi connectivity index (χ0) is 15.5. The molecule has 0 aliphatic heterocycles. The Morgan fingerprint density at radius 1 is 0.952 bits per heavy atom. The van der Waals surface area contributed by atoms with E-state index < -0.39 is 5.60 Å². The van der Waals surface area contributed by atoms with E-state index >= 15 is 0 Å². The first-order valence-corrected chi connectivity index (χ1v) is 6.95. The van der Waals surface area contributed by atoms with Crippen molar-refractivity contribution in [2.45, 2.75) is 26.4 Å². The second-order valence-corrected chi connectivity index (χ2v) is 5.62. The Labute approximate surface area is 126 Å². The number of benzene rings is 2. The normalized spacial score (nSPS) is 11.0. The van der Waals surface area contributed by atoms with Crippen LogP contribution in [0, 0.1) is 0 Å². The Hall–Kier alpha value is -2.35. The molecule has 21 heavy (non-hydrogen) atoms. The highest BCUT2D eigenvalue weighted by atomic mass is 16.6. The molecule has 0 amide bonds. The van der Waals surface area contributed by atoms with Crippen LogP contribution in [0.15, 0.2) is 66.7 Å². The van der Waals surface area contributed by atoms with Gasteiger partial charge in [-0.05, 0) is 37.5 Å². The van der Waals surface area contributed by atoms with Gasteiger partial charge in [-0.3, -0.25) is 0 Å². The lowest BCUT2D eigenvalue weighted by molar-refractivity contribution is -0.152. The largest absolute Gasteiger partial charge is 0.451 e. The van der Waals surface area contributed by atoms with Crippen molar-refractivity contribution in [1.29, 1.82) is 0 Å². The molecular formula is C19H20O2. The molecule has 0 bridgehead atoms. The van der Waals surface area contributed by atoms with Crippen LogP contribution in [0.2, 0.25) is 0 Å². The molecular weight excluding hydrogens is 260 g/mol. The minimum atomic E-state index is -0.675. The van der Waals surface area contributed by atoms with E-state index in [4.69, 9.17) is 4.74 Å². The Morgan fingerprint density at radius 3 is 2.00 bits per heavy atom. The van der Waals surface area contributed by atoms with Gasteiger partial charge in [-0.1, -0.05) is 61.2 Å². The fraction of sp³-hybridized carbons (Fsp3) is 0.211. The Balaban J connectivity index is 2.22. The average Bonchev–Trinajstić information content (AvgIpc) is 2.48. The van der Waals surface area contributed by atoms with Crippen LogP contribution in [0.25, 0.3) is 11.1 Å². The molecule has 2 nitrogen and oxygen atoms in total. The second-order valence-electron chi connectivity index (χ2n) is 5.62. The standard InChI is InChI=1S/C19H20O2/c1-14(2)18(20)21-19(3,4)17-12-10-16(11-13-17)15-8-6-5-7-9-15/h5-13H,1H2,2-4H3. The molecule has 0 fully saturated rings. The van der Waals surface area contributed by atoms with Crippen LogP contribution < -0.4 is 0 Å². The highest BCUT2D eigenvalue weighted by Crippen LogP contribution is 2.28. The van der Waals surface area contributed by atoms with Gasteiger partial charge in [0.15, 0.2) is 0 Å². The van der Waals surface area contributed by atoms with Gasteiger partial charge in [-0.15, -0.1) is 0 Å². The molecule has 0 atom stereocenters. The summed E-state index contributed by atoms with van der Waals surface area (Å²) in [6.45, 7) is 9.02. The van der Waals surface area contributed by atoms with Crippen LogP contribution in [-0.4, -0.2) is 5.97 Å². The van der Waals surface area contributed by atoms with E-state index in [1.54, 1.807) is 6.92 Å². The van der Waals surface area contributed by atoms with E-state index in [0.717, 1.165) is 11.1 Å². The first-order valence-electron chi connectivity index (χ1n) is 6.95. The first-order chi connectivity index (χ1) is 9.90. The summed E-state index contributed by atoms with van der Waals surface area (Å²) in [7, 11) is 0. The van der Waals surface area contributed by atoms with E-state index in [9.17, 15) is 4.79 Å². The molecule has 0 heterocycles. The topological polar surface area (TPSA) is 26.3 Å². The fourth-order valence-electron chi connectivity index (χ4n) is 2.07. The molecule has 0 saturated heterocycles. The molecule has 0 aliphatic carbocycles. The molecule has 0 N–H and O–H groups in total. The van der Waals surface area contributed by atoms with E-state index in [1.165, 1.54) is 5.56 Å². The Kier molecular flexibility index (Phi) is 4.27. The second kappa shape index (κ2) is 5.96. The minimum absolute atomic E-state index is 0.368. The van der Waals surface area contributed by atoms with E-state index in [2.05, 4.69) is 18.7 Å². The molecule has 0 unspecified atom stereocenters. The lowest BCUT2D eigenvalue weighted by Crippen LogP contribution is -2.25. The Bertz CT molecular complexity index is 637. The molecule has 2 aromatic carbocycles. The molecule has 108 valence electrons. The molecule has 0 radical (unpaired) electrons. The maximum atomic E-state index is 11.7.